The largest absolute Gasteiger partial charge is 0.493 e. The number of likely N-dealkylation sites (tertiary alicyclic amines) is 1. The third-order valence-corrected chi connectivity index (χ3v) is 9.53. The number of nitrogens with zero attached hydrogens (tertiary/aromatic N) is 5. The molecule has 42 heavy (non-hydrogen) atoms. The zero-order valence-corrected chi connectivity index (χ0v) is 25.5. The van der Waals surface area contributed by atoms with Crippen molar-refractivity contribution in [3.05, 3.63) is 70.4 Å². The summed E-state index contributed by atoms with van der Waals surface area (Å²) in [7, 11) is -2.15. The maximum atomic E-state index is 14.2. The van der Waals surface area contributed by atoms with Crippen LogP contribution in [-0.4, -0.2) is 70.2 Å². The molecule has 1 aliphatic rings. The van der Waals surface area contributed by atoms with Crippen LogP contribution in [0.2, 0.25) is 0 Å². The topological polar surface area (TPSA) is 113 Å². The number of hydrogen-bond donors (Lipinski definition) is 1. The smallest absolute Gasteiger partial charge is 0.274 e. The van der Waals surface area contributed by atoms with Gasteiger partial charge in [-0.15, -0.1) is 0 Å². The van der Waals surface area contributed by atoms with Crippen molar-refractivity contribution < 1.29 is 13.2 Å². The summed E-state index contributed by atoms with van der Waals surface area (Å²) < 4.78 is 37.6. The van der Waals surface area contributed by atoms with Gasteiger partial charge in [-0.1, -0.05) is 26.3 Å². The number of benzene rings is 1. The first-order valence-corrected chi connectivity index (χ1v) is 16.2. The van der Waals surface area contributed by atoms with Crippen LogP contribution in [0.3, 0.4) is 0 Å². The van der Waals surface area contributed by atoms with Crippen molar-refractivity contribution in [1.82, 2.24) is 29.0 Å². The van der Waals surface area contributed by atoms with Crippen LogP contribution < -0.4 is 10.3 Å². The van der Waals surface area contributed by atoms with Crippen LogP contribution in [0.5, 0.6) is 5.75 Å². The molecular weight excluding hydrogens is 552 g/mol. The molecule has 5 rings (SSSR count). The van der Waals surface area contributed by atoms with E-state index in [0.717, 1.165) is 61.8 Å². The number of aromatic nitrogens is 4. The molecule has 0 spiro atoms. The molecular formula is C31H40N6O4S. The van der Waals surface area contributed by atoms with Crippen molar-refractivity contribution in [2.45, 2.75) is 57.4 Å². The van der Waals surface area contributed by atoms with E-state index < -0.39 is 10.0 Å². The maximum Gasteiger partial charge on any atom is 0.274 e. The summed E-state index contributed by atoms with van der Waals surface area (Å²) in [6.45, 7) is 7.75. The van der Waals surface area contributed by atoms with Crippen LogP contribution in [-0.2, 0) is 30.0 Å². The molecule has 1 aromatic carbocycles. The van der Waals surface area contributed by atoms with Crippen LogP contribution in [0.25, 0.3) is 22.2 Å². The molecule has 4 aromatic rings. The Bertz CT molecular complexity index is 1680. The summed E-state index contributed by atoms with van der Waals surface area (Å²) in [6.07, 6.45) is 8.06. The molecule has 0 unspecified atom stereocenters. The van der Waals surface area contributed by atoms with E-state index in [1.165, 1.54) is 4.31 Å². The summed E-state index contributed by atoms with van der Waals surface area (Å²) in [4.78, 5) is 22.9. The second-order valence-electron chi connectivity index (χ2n) is 10.8. The monoisotopic (exact) mass is 592 g/mol. The molecule has 0 bridgehead atoms. The Morgan fingerprint density at radius 2 is 1.90 bits per heavy atom. The van der Waals surface area contributed by atoms with Gasteiger partial charge in [-0.25, -0.2) is 8.42 Å². The number of aryl methyl sites for hydroxylation is 2. The van der Waals surface area contributed by atoms with Crippen LogP contribution in [0, 0.1) is 0 Å². The molecule has 0 radical (unpaired) electrons. The van der Waals surface area contributed by atoms with Gasteiger partial charge in [-0.3, -0.25) is 14.5 Å². The summed E-state index contributed by atoms with van der Waals surface area (Å²) in [6, 6.07) is 10.5. The normalized spacial score (nSPS) is 14.3. The first-order valence-electron chi connectivity index (χ1n) is 14.8. The number of fused-ring (bicyclic) bond motifs is 1. The van der Waals surface area contributed by atoms with E-state index in [1.807, 2.05) is 25.1 Å². The standard InChI is InChI=1S/C31H40N6O4S/c1-4-9-27-26-20-28(33-31(38)30(26)35(3)34-27)25-19-24(11-12-29(25)41-18-5-2)42(39,40)37(17-16-36-14-6-7-15-36)22-23-10-8-13-32-21-23/h8,10-13,19-21H,4-7,9,14-18,22H2,1-3H3,(H,33,38). The van der Waals surface area contributed by atoms with Crippen LogP contribution in [0.4, 0.5) is 0 Å². The maximum absolute atomic E-state index is 14.2. The van der Waals surface area contributed by atoms with Crippen molar-refractivity contribution in [3.63, 3.8) is 0 Å². The number of aromatic amines is 1. The van der Waals surface area contributed by atoms with Gasteiger partial charge in [0.05, 0.1) is 22.9 Å². The molecule has 11 heteroatoms. The average Bonchev–Trinajstić information content (AvgIpc) is 3.62. The first-order chi connectivity index (χ1) is 20.3. The summed E-state index contributed by atoms with van der Waals surface area (Å²) in [5.74, 6) is 0.516. The van der Waals surface area contributed by atoms with Crippen LogP contribution in [0.15, 0.2) is 58.5 Å². The number of hydrogen-bond acceptors (Lipinski definition) is 7. The lowest BCUT2D eigenvalue weighted by atomic mass is 10.1. The summed E-state index contributed by atoms with van der Waals surface area (Å²) in [5, 5.41) is 5.33. The first kappa shape index (κ1) is 29.9. The van der Waals surface area contributed by atoms with Gasteiger partial charge in [0.1, 0.15) is 11.3 Å². The number of pyridine rings is 2. The Morgan fingerprint density at radius 3 is 2.62 bits per heavy atom. The van der Waals surface area contributed by atoms with Crippen molar-refractivity contribution in [2.75, 3.05) is 32.8 Å². The van der Waals surface area contributed by atoms with Gasteiger partial charge in [0.25, 0.3) is 5.56 Å². The lowest BCUT2D eigenvalue weighted by molar-refractivity contribution is 0.291. The Morgan fingerprint density at radius 1 is 1.10 bits per heavy atom. The zero-order valence-electron chi connectivity index (χ0n) is 24.7. The molecule has 1 N–H and O–H groups in total. The van der Waals surface area contributed by atoms with Gasteiger partial charge in [-0.2, -0.15) is 9.40 Å². The second-order valence-corrected chi connectivity index (χ2v) is 12.8. The highest BCUT2D eigenvalue weighted by Crippen LogP contribution is 2.34. The number of H-pyrrole nitrogens is 1. The van der Waals surface area contributed by atoms with Crippen molar-refractivity contribution in [3.8, 4) is 17.0 Å². The molecule has 1 aliphatic heterocycles. The predicted octanol–water partition coefficient (Wildman–Crippen LogP) is 4.35. The summed E-state index contributed by atoms with van der Waals surface area (Å²) >= 11 is 0. The van der Waals surface area contributed by atoms with E-state index in [1.54, 1.807) is 42.3 Å². The highest BCUT2D eigenvalue weighted by molar-refractivity contribution is 7.89. The van der Waals surface area contributed by atoms with Gasteiger partial charge in [0.15, 0.2) is 0 Å². The molecule has 0 amide bonds. The lowest BCUT2D eigenvalue weighted by Gasteiger charge is -2.25. The minimum atomic E-state index is -3.91. The van der Waals surface area contributed by atoms with E-state index in [-0.39, 0.29) is 17.0 Å². The molecule has 0 atom stereocenters. The third kappa shape index (κ3) is 6.43. The van der Waals surface area contributed by atoms with Crippen molar-refractivity contribution in [2.24, 2.45) is 7.05 Å². The Hall–Kier alpha value is -3.54. The van der Waals surface area contributed by atoms with Gasteiger partial charge < -0.3 is 14.6 Å². The van der Waals surface area contributed by atoms with Gasteiger partial charge in [-0.05, 0) is 74.7 Å². The molecule has 3 aromatic heterocycles. The molecule has 224 valence electrons. The van der Waals surface area contributed by atoms with Crippen molar-refractivity contribution >= 4 is 20.9 Å². The molecule has 1 fully saturated rings. The number of sulfonamides is 1. The third-order valence-electron chi connectivity index (χ3n) is 7.69. The minimum absolute atomic E-state index is 0.146. The minimum Gasteiger partial charge on any atom is -0.493 e. The van der Waals surface area contributed by atoms with Crippen LogP contribution >= 0.6 is 0 Å². The Kier molecular flexibility index (Phi) is 9.40. The van der Waals surface area contributed by atoms with E-state index in [4.69, 9.17) is 4.74 Å². The molecule has 0 saturated carbocycles. The number of ether oxygens (including phenoxy) is 1. The molecule has 4 heterocycles. The number of rotatable bonds is 13. The molecule has 0 aliphatic carbocycles. The highest BCUT2D eigenvalue weighted by Gasteiger charge is 2.28. The fraction of sp³-hybridized carbons (Fsp3) is 0.452. The zero-order chi connectivity index (χ0) is 29.7. The van der Waals surface area contributed by atoms with E-state index in [9.17, 15) is 13.2 Å². The second kappa shape index (κ2) is 13.2. The van der Waals surface area contributed by atoms with Gasteiger partial charge >= 0.3 is 0 Å². The quantitative estimate of drug-likeness (QED) is 0.246. The van der Waals surface area contributed by atoms with Gasteiger partial charge in [0, 0.05) is 50.0 Å². The van der Waals surface area contributed by atoms with E-state index >= 15 is 0 Å². The SMILES string of the molecule is CCCOc1ccc(S(=O)(=O)N(CCN2CCCC2)Cc2cccnc2)cc1-c1cc2c(CCC)nn(C)c2c(=O)[nH]1. The van der Waals surface area contributed by atoms with E-state index in [0.29, 0.717) is 42.2 Å². The van der Waals surface area contributed by atoms with Crippen molar-refractivity contribution in [1.29, 1.82) is 0 Å². The lowest BCUT2D eigenvalue weighted by Crippen LogP contribution is -2.37. The molecule has 1 saturated heterocycles. The Labute approximate surface area is 247 Å². The molecule has 10 nitrogen and oxygen atoms in total. The fourth-order valence-corrected chi connectivity index (χ4v) is 7.00. The number of nitrogens with one attached hydrogen (secondary N) is 1. The van der Waals surface area contributed by atoms with Crippen LogP contribution in [0.1, 0.15) is 50.8 Å². The highest BCUT2D eigenvalue weighted by atomic mass is 32.2. The summed E-state index contributed by atoms with van der Waals surface area (Å²) in [5.41, 5.74) is 2.89. The average molecular weight is 593 g/mol. The Balaban J connectivity index is 1.58. The fourth-order valence-electron chi connectivity index (χ4n) is 5.55. The van der Waals surface area contributed by atoms with E-state index in [2.05, 4.69) is 26.9 Å². The van der Waals surface area contributed by atoms with Gasteiger partial charge in [0.2, 0.25) is 10.0 Å². The predicted molar refractivity (Wildman–Crippen MR) is 164 cm³/mol.